The minimum Gasteiger partial charge on any atom is -0.383 e. The molecule has 2 heterocycles. The standard InChI is InChI=1S/C6H6N6S2/c7-3-1-4(12-5(8)11-3)13-6-9-2-10-14-6/h1-2H,(H4,7,8,11,12). The van der Waals surface area contributed by atoms with E-state index in [0.29, 0.717) is 10.8 Å². The molecular weight excluding hydrogens is 220 g/mol. The molecule has 14 heavy (non-hydrogen) atoms. The zero-order valence-electron chi connectivity index (χ0n) is 6.91. The van der Waals surface area contributed by atoms with Gasteiger partial charge in [-0.25, -0.2) is 9.97 Å². The highest BCUT2D eigenvalue weighted by Gasteiger charge is 2.04. The summed E-state index contributed by atoms with van der Waals surface area (Å²) in [5.41, 5.74) is 11.0. The Hall–Kier alpha value is -1.41. The van der Waals surface area contributed by atoms with E-state index in [1.807, 2.05) is 0 Å². The Morgan fingerprint density at radius 1 is 1.29 bits per heavy atom. The van der Waals surface area contributed by atoms with Crippen LogP contribution in [0.3, 0.4) is 0 Å². The van der Waals surface area contributed by atoms with Crippen LogP contribution in [0, 0.1) is 0 Å². The summed E-state index contributed by atoms with van der Waals surface area (Å²) < 4.78 is 4.66. The normalized spacial score (nSPS) is 10.3. The number of aromatic nitrogens is 4. The lowest BCUT2D eigenvalue weighted by Crippen LogP contribution is -1.99. The fourth-order valence-electron chi connectivity index (χ4n) is 0.811. The van der Waals surface area contributed by atoms with Crippen molar-refractivity contribution in [3.63, 3.8) is 0 Å². The van der Waals surface area contributed by atoms with Gasteiger partial charge in [0, 0.05) is 6.07 Å². The molecule has 0 atom stereocenters. The highest BCUT2D eigenvalue weighted by molar-refractivity contribution is 8.00. The second-order valence-corrected chi connectivity index (χ2v) is 4.35. The van der Waals surface area contributed by atoms with Gasteiger partial charge in [0.15, 0.2) is 4.34 Å². The number of nitrogens with zero attached hydrogens (tertiary/aromatic N) is 4. The Kier molecular flexibility index (Phi) is 2.46. The monoisotopic (exact) mass is 226 g/mol. The lowest BCUT2D eigenvalue weighted by atomic mass is 10.6. The molecule has 0 aliphatic rings. The summed E-state index contributed by atoms with van der Waals surface area (Å²) >= 11 is 2.65. The molecule has 0 radical (unpaired) electrons. The molecule has 2 aromatic heterocycles. The highest BCUT2D eigenvalue weighted by Crippen LogP contribution is 2.27. The van der Waals surface area contributed by atoms with Crippen LogP contribution in [0.5, 0.6) is 0 Å². The molecule has 2 rings (SSSR count). The first kappa shape index (κ1) is 9.16. The van der Waals surface area contributed by atoms with E-state index in [1.54, 1.807) is 6.07 Å². The Morgan fingerprint density at radius 2 is 2.14 bits per heavy atom. The number of anilines is 2. The predicted octanol–water partition coefficient (Wildman–Crippen LogP) is 0.644. The number of rotatable bonds is 2. The minimum absolute atomic E-state index is 0.164. The first-order valence-corrected chi connectivity index (χ1v) is 5.17. The largest absolute Gasteiger partial charge is 0.383 e. The number of nitrogens with two attached hydrogens (primary N) is 2. The van der Waals surface area contributed by atoms with Crippen LogP contribution >= 0.6 is 23.3 Å². The van der Waals surface area contributed by atoms with Crippen molar-refractivity contribution in [2.24, 2.45) is 0 Å². The van der Waals surface area contributed by atoms with E-state index in [4.69, 9.17) is 11.5 Å². The van der Waals surface area contributed by atoms with Crippen molar-refractivity contribution in [2.45, 2.75) is 9.37 Å². The van der Waals surface area contributed by atoms with Gasteiger partial charge in [0.25, 0.3) is 0 Å². The molecule has 0 unspecified atom stereocenters. The van der Waals surface area contributed by atoms with E-state index in [-0.39, 0.29) is 5.95 Å². The number of nitrogen functional groups attached to an aromatic ring is 2. The van der Waals surface area contributed by atoms with Crippen LogP contribution < -0.4 is 11.5 Å². The maximum absolute atomic E-state index is 5.51. The lowest BCUT2D eigenvalue weighted by molar-refractivity contribution is 1.07. The first-order chi connectivity index (χ1) is 6.74. The molecule has 8 heteroatoms. The van der Waals surface area contributed by atoms with E-state index in [0.717, 1.165) is 4.34 Å². The van der Waals surface area contributed by atoms with Crippen molar-refractivity contribution in [1.82, 2.24) is 19.3 Å². The average molecular weight is 226 g/mol. The predicted molar refractivity (Wildman–Crippen MR) is 54.9 cm³/mol. The molecule has 0 aromatic carbocycles. The van der Waals surface area contributed by atoms with E-state index < -0.39 is 0 Å². The van der Waals surface area contributed by atoms with Crippen LogP contribution in [-0.2, 0) is 0 Å². The van der Waals surface area contributed by atoms with Crippen molar-refractivity contribution in [3.05, 3.63) is 12.4 Å². The molecule has 0 aliphatic carbocycles. The summed E-state index contributed by atoms with van der Waals surface area (Å²) in [6.45, 7) is 0. The summed E-state index contributed by atoms with van der Waals surface area (Å²) in [6, 6.07) is 1.64. The van der Waals surface area contributed by atoms with Gasteiger partial charge in [-0.1, -0.05) is 0 Å². The molecule has 0 saturated heterocycles. The van der Waals surface area contributed by atoms with E-state index in [2.05, 4.69) is 19.3 Å². The van der Waals surface area contributed by atoms with Gasteiger partial charge in [0.2, 0.25) is 5.95 Å². The Morgan fingerprint density at radius 3 is 2.79 bits per heavy atom. The fourth-order valence-corrected chi connectivity index (χ4v) is 2.22. The highest BCUT2D eigenvalue weighted by atomic mass is 32.2. The van der Waals surface area contributed by atoms with Crippen LogP contribution in [0.2, 0.25) is 0 Å². The van der Waals surface area contributed by atoms with Crippen LogP contribution in [0.25, 0.3) is 0 Å². The second kappa shape index (κ2) is 3.76. The third-order valence-corrected chi connectivity index (χ3v) is 2.91. The maximum Gasteiger partial charge on any atom is 0.223 e. The van der Waals surface area contributed by atoms with Gasteiger partial charge in [-0.2, -0.15) is 9.36 Å². The van der Waals surface area contributed by atoms with Crippen LogP contribution in [0.1, 0.15) is 0 Å². The summed E-state index contributed by atoms with van der Waals surface area (Å²) in [5, 5.41) is 0.673. The summed E-state index contributed by atoms with van der Waals surface area (Å²) in [5.74, 6) is 0.515. The molecule has 0 saturated carbocycles. The summed E-state index contributed by atoms with van der Waals surface area (Å²) in [6.07, 6.45) is 1.49. The molecule has 6 nitrogen and oxygen atoms in total. The van der Waals surface area contributed by atoms with Gasteiger partial charge in [0.1, 0.15) is 17.2 Å². The molecule has 0 bridgehead atoms. The van der Waals surface area contributed by atoms with Crippen LogP contribution in [0.4, 0.5) is 11.8 Å². The topological polar surface area (TPSA) is 104 Å². The van der Waals surface area contributed by atoms with Gasteiger partial charge in [-0.05, 0) is 23.3 Å². The van der Waals surface area contributed by atoms with Crippen molar-refractivity contribution >= 4 is 35.1 Å². The Bertz CT molecular complexity index is 408. The molecule has 0 aliphatic heterocycles. The van der Waals surface area contributed by atoms with Gasteiger partial charge < -0.3 is 11.5 Å². The zero-order chi connectivity index (χ0) is 9.97. The molecule has 4 N–H and O–H groups in total. The molecule has 0 fully saturated rings. The smallest absolute Gasteiger partial charge is 0.223 e. The molecule has 2 aromatic rings. The van der Waals surface area contributed by atoms with E-state index in [9.17, 15) is 0 Å². The lowest BCUT2D eigenvalue weighted by Gasteiger charge is -1.99. The summed E-state index contributed by atoms with van der Waals surface area (Å²) in [7, 11) is 0. The third-order valence-electron chi connectivity index (χ3n) is 1.27. The van der Waals surface area contributed by atoms with E-state index >= 15 is 0 Å². The van der Waals surface area contributed by atoms with Crippen LogP contribution in [-0.4, -0.2) is 19.3 Å². The zero-order valence-corrected chi connectivity index (χ0v) is 8.55. The van der Waals surface area contributed by atoms with Gasteiger partial charge >= 0.3 is 0 Å². The molecule has 0 spiro atoms. The van der Waals surface area contributed by atoms with Crippen molar-refractivity contribution in [1.29, 1.82) is 0 Å². The number of hydrogen-bond donors (Lipinski definition) is 2. The Balaban J connectivity index is 2.25. The summed E-state index contributed by atoms with van der Waals surface area (Å²) in [4.78, 5) is 11.8. The SMILES string of the molecule is Nc1cc(Sc2ncns2)nc(N)n1. The van der Waals surface area contributed by atoms with Crippen molar-refractivity contribution < 1.29 is 0 Å². The number of hydrogen-bond acceptors (Lipinski definition) is 8. The average Bonchev–Trinajstić information content (AvgIpc) is 2.54. The van der Waals surface area contributed by atoms with Crippen LogP contribution in [0.15, 0.2) is 21.8 Å². The first-order valence-electron chi connectivity index (χ1n) is 3.58. The molecule has 72 valence electrons. The van der Waals surface area contributed by atoms with Gasteiger partial charge in [-0.15, -0.1) is 0 Å². The minimum atomic E-state index is 0.164. The second-order valence-electron chi connectivity index (χ2n) is 2.30. The Labute approximate surface area is 88.0 Å². The van der Waals surface area contributed by atoms with Gasteiger partial charge in [-0.3, -0.25) is 0 Å². The van der Waals surface area contributed by atoms with Crippen molar-refractivity contribution in [3.8, 4) is 0 Å². The quantitative estimate of drug-likeness (QED) is 0.724. The van der Waals surface area contributed by atoms with Gasteiger partial charge in [0.05, 0.1) is 0 Å². The molecule has 0 amide bonds. The van der Waals surface area contributed by atoms with E-state index in [1.165, 1.54) is 29.6 Å². The fraction of sp³-hybridized carbons (Fsp3) is 0. The van der Waals surface area contributed by atoms with Crippen molar-refractivity contribution in [2.75, 3.05) is 11.5 Å². The molecular formula is C6H6N6S2. The third kappa shape index (κ3) is 2.09. The maximum atomic E-state index is 5.51.